The summed E-state index contributed by atoms with van der Waals surface area (Å²) in [4.78, 5) is 0. The van der Waals surface area contributed by atoms with E-state index in [9.17, 15) is 17.6 Å². The molecule has 0 amide bonds. The third-order valence-corrected chi connectivity index (χ3v) is 2.07. The van der Waals surface area contributed by atoms with Gasteiger partial charge in [0.2, 0.25) is 0 Å². The molecule has 1 aromatic carbocycles. The molecule has 17 heavy (non-hydrogen) atoms. The zero-order chi connectivity index (χ0) is 13.3. The molecule has 0 N–H and O–H groups in total. The monoisotopic (exact) mass is 246 g/mol. The van der Waals surface area contributed by atoms with E-state index in [2.05, 4.69) is 0 Å². The molecule has 0 saturated heterocycles. The molecule has 0 fully saturated rings. The van der Waals surface area contributed by atoms with Crippen molar-refractivity contribution in [2.24, 2.45) is 5.41 Å². The Balaban J connectivity index is 3.10. The molecule has 0 nitrogen and oxygen atoms in total. The summed E-state index contributed by atoms with van der Waals surface area (Å²) in [5.74, 6) is -1.24. The van der Waals surface area contributed by atoms with Crippen LogP contribution in [-0.2, 0) is 6.18 Å². The highest BCUT2D eigenvalue weighted by atomic mass is 19.4. The molecule has 0 aromatic heterocycles. The first-order valence-corrected chi connectivity index (χ1v) is 5.15. The van der Waals surface area contributed by atoms with Crippen molar-refractivity contribution >= 4 is 6.08 Å². The van der Waals surface area contributed by atoms with E-state index in [4.69, 9.17) is 0 Å². The van der Waals surface area contributed by atoms with Crippen molar-refractivity contribution < 1.29 is 17.6 Å². The van der Waals surface area contributed by atoms with Crippen LogP contribution in [0.3, 0.4) is 0 Å². The van der Waals surface area contributed by atoms with Crippen LogP contribution in [0.1, 0.15) is 31.9 Å². The Morgan fingerprint density at radius 1 is 1.06 bits per heavy atom. The Morgan fingerprint density at radius 2 is 1.65 bits per heavy atom. The first kappa shape index (κ1) is 13.7. The molecule has 0 unspecified atom stereocenters. The molecule has 0 bridgehead atoms. The van der Waals surface area contributed by atoms with Gasteiger partial charge in [-0.1, -0.05) is 39.0 Å². The minimum absolute atomic E-state index is 0.132. The van der Waals surface area contributed by atoms with E-state index in [0.29, 0.717) is 5.56 Å². The first-order chi connectivity index (χ1) is 7.59. The van der Waals surface area contributed by atoms with E-state index < -0.39 is 17.6 Å². The minimum Gasteiger partial charge on any atom is -0.206 e. The van der Waals surface area contributed by atoms with Crippen LogP contribution in [0.25, 0.3) is 6.08 Å². The van der Waals surface area contributed by atoms with Gasteiger partial charge in [-0.15, -0.1) is 0 Å². The number of hydrogen-bond acceptors (Lipinski definition) is 0. The number of allylic oxidation sites excluding steroid dienone is 1. The molecule has 0 saturated carbocycles. The van der Waals surface area contributed by atoms with E-state index in [1.807, 2.05) is 20.8 Å². The average Bonchev–Trinajstić information content (AvgIpc) is 2.13. The summed E-state index contributed by atoms with van der Waals surface area (Å²) in [7, 11) is 0. The number of halogens is 4. The van der Waals surface area contributed by atoms with Crippen molar-refractivity contribution in [1.82, 2.24) is 0 Å². The standard InChI is InChI=1S/C13H14F4/c1-12(2,3)7-6-9-4-5-11(14)10(8-9)13(15,16)17/h4-8H,1-3H3/b7-6+. The van der Waals surface area contributed by atoms with Crippen LogP contribution in [0.5, 0.6) is 0 Å². The van der Waals surface area contributed by atoms with Crippen LogP contribution >= 0.6 is 0 Å². The van der Waals surface area contributed by atoms with Gasteiger partial charge >= 0.3 is 6.18 Å². The van der Waals surface area contributed by atoms with Crippen LogP contribution in [0, 0.1) is 11.2 Å². The van der Waals surface area contributed by atoms with Gasteiger partial charge in [0.25, 0.3) is 0 Å². The van der Waals surface area contributed by atoms with E-state index >= 15 is 0 Å². The molecular weight excluding hydrogens is 232 g/mol. The van der Waals surface area contributed by atoms with Crippen molar-refractivity contribution in [3.05, 3.63) is 41.2 Å². The maximum Gasteiger partial charge on any atom is 0.419 e. The summed E-state index contributed by atoms with van der Waals surface area (Å²) >= 11 is 0. The topological polar surface area (TPSA) is 0 Å². The predicted molar refractivity (Wildman–Crippen MR) is 59.9 cm³/mol. The van der Waals surface area contributed by atoms with Crippen molar-refractivity contribution in [3.63, 3.8) is 0 Å². The lowest BCUT2D eigenvalue weighted by Crippen LogP contribution is -2.08. The molecule has 0 aliphatic carbocycles. The second-order valence-corrected chi connectivity index (χ2v) is 4.94. The van der Waals surface area contributed by atoms with Crippen LogP contribution in [0.2, 0.25) is 0 Å². The number of alkyl halides is 3. The van der Waals surface area contributed by atoms with Gasteiger partial charge in [0, 0.05) is 0 Å². The Bertz CT molecular complexity index is 422. The summed E-state index contributed by atoms with van der Waals surface area (Å²) in [6.45, 7) is 5.78. The molecule has 0 aliphatic rings. The quantitative estimate of drug-likeness (QED) is 0.618. The van der Waals surface area contributed by atoms with Gasteiger partial charge in [0.1, 0.15) is 5.82 Å². The third-order valence-electron chi connectivity index (χ3n) is 2.07. The second-order valence-electron chi connectivity index (χ2n) is 4.94. The maximum atomic E-state index is 13.0. The van der Waals surface area contributed by atoms with Gasteiger partial charge < -0.3 is 0 Å². The van der Waals surface area contributed by atoms with Crippen molar-refractivity contribution in [2.75, 3.05) is 0 Å². The average molecular weight is 246 g/mol. The fraction of sp³-hybridized carbons (Fsp3) is 0.385. The highest BCUT2D eigenvalue weighted by Gasteiger charge is 2.33. The Labute approximate surface area is 98.0 Å². The lowest BCUT2D eigenvalue weighted by atomic mass is 9.95. The normalized spacial score (nSPS) is 13.4. The van der Waals surface area contributed by atoms with Gasteiger partial charge in [-0.3, -0.25) is 0 Å². The SMILES string of the molecule is CC(C)(C)/C=C/c1ccc(F)c(C(F)(F)F)c1. The third kappa shape index (κ3) is 4.21. The zero-order valence-corrected chi connectivity index (χ0v) is 9.90. The molecule has 1 aromatic rings. The van der Waals surface area contributed by atoms with Crippen LogP contribution < -0.4 is 0 Å². The zero-order valence-electron chi connectivity index (χ0n) is 9.90. The summed E-state index contributed by atoms with van der Waals surface area (Å²) < 4.78 is 50.3. The highest BCUT2D eigenvalue weighted by Crippen LogP contribution is 2.32. The van der Waals surface area contributed by atoms with Gasteiger partial charge in [-0.2, -0.15) is 13.2 Å². The molecule has 0 aliphatic heterocycles. The van der Waals surface area contributed by atoms with Gasteiger partial charge in [0.15, 0.2) is 0 Å². The lowest BCUT2D eigenvalue weighted by Gasteiger charge is -2.12. The summed E-state index contributed by atoms with van der Waals surface area (Å²) in [6.07, 6.45) is -1.31. The Morgan fingerprint density at radius 3 is 2.12 bits per heavy atom. The van der Waals surface area contributed by atoms with Crippen LogP contribution in [-0.4, -0.2) is 0 Å². The molecule has 4 heteroatoms. The summed E-state index contributed by atoms with van der Waals surface area (Å²) in [6, 6.07) is 2.98. The van der Waals surface area contributed by atoms with Crippen LogP contribution in [0.15, 0.2) is 24.3 Å². The fourth-order valence-corrected chi connectivity index (χ4v) is 1.21. The smallest absolute Gasteiger partial charge is 0.206 e. The molecular formula is C13H14F4. The van der Waals surface area contributed by atoms with Crippen LogP contribution in [0.4, 0.5) is 17.6 Å². The molecule has 0 radical (unpaired) electrons. The summed E-state index contributed by atoms with van der Waals surface area (Å²) in [5.41, 5.74) is -1.02. The van der Waals surface area contributed by atoms with Crippen molar-refractivity contribution in [2.45, 2.75) is 26.9 Å². The Hall–Kier alpha value is -1.32. The van der Waals surface area contributed by atoms with E-state index in [-0.39, 0.29) is 5.41 Å². The van der Waals surface area contributed by atoms with Crippen molar-refractivity contribution in [1.29, 1.82) is 0 Å². The largest absolute Gasteiger partial charge is 0.419 e. The van der Waals surface area contributed by atoms with E-state index in [1.54, 1.807) is 12.2 Å². The van der Waals surface area contributed by atoms with E-state index in [0.717, 1.165) is 12.1 Å². The summed E-state index contributed by atoms with van der Waals surface area (Å²) in [5, 5.41) is 0. The van der Waals surface area contributed by atoms with Crippen molar-refractivity contribution in [3.8, 4) is 0 Å². The van der Waals surface area contributed by atoms with Gasteiger partial charge in [-0.05, 0) is 23.1 Å². The number of hydrogen-bond donors (Lipinski definition) is 0. The molecule has 1 rings (SSSR count). The predicted octanol–water partition coefficient (Wildman–Crippen LogP) is 4.90. The first-order valence-electron chi connectivity index (χ1n) is 5.15. The van der Waals surface area contributed by atoms with E-state index in [1.165, 1.54) is 6.07 Å². The number of benzene rings is 1. The fourth-order valence-electron chi connectivity index (χ4n) is 1.21. The minimum atomic E-state index is -4.66. The molecule has 0 heterocycles. The second kappa shape index (κ2) is 4.51. The highest BCUT2D eigenvalue weighted by molar-refractivity contribution is 5.51. The lowest BCUT2D eigenvalue weighted by molar-refractivity contribution is -0.140. The molecule has 0 spiro atoms. The van der Waals surface area contributed by atoms with Gasteiger partial charge in [-0.25, -0.2) is 4.39 Å². The number of rotatable bonds is 1. The molecule has 0 atom stereocenters. The maximum absolute atomic E-state index is 13.0. The Kier molecular flexibility index (Phi) is 3.65. The molecule has 94 valence electrons. The van der Waals surface area contributed by atoms with Gasteiger partial charge in [0.05, 0.1) is 5.56 Å².